The van der Waals surface area contributed by atoms with E-state index in [4.69, 9.17) is 0 Å². The quantitative estimate of drug-likeness (QED) is 0.410. The molecule has 3 unspecified atom stereocenters. The minimum absolute atomic E-state index is 0. The molecule has 0 nitrogen and oxygen atoms in total. The van der Waals surface area contributed by atoms with E-state index in [0.717, 1.165) is 13.2 Å². The normalized spacial score (nSPS) is 19.0. The molecule has 0 radical (unpaired) electrons. The summed E-state index contributed by atoms with van der Waals surface area (Å²) < 4.78 is 1.54. The molecule has 32 heavy (non-hydrogen) atoms. The van der Waals surface area contributed by atoms with Gasteiger partial charge in [-0.25, -0.2) is 0 Å². The summed E-state index contributed by atoms with van der Waals surface area (Å²) in [6.07, 6.45) is 14.5. The van der Waals surface area contributed by atoms with Crippen LogP contribution in [0.15, 0.2) is 60.7 Å². The number of allylic oxidation sites excluding steroid dienone is 3. The van der Waals surface area contributed by atoms with Crippen molar-refractivity contribution in [3.63, 3.8) is 0 Å². The first kappa shape index (κ1) is 27.8. The van der Waals surface area contributed by atoms with Crippen molar-refractivity contribution in [3.05, 3.63) is 82.9 Å². The van der Waals surface area contributed by atoms with E-state index in [1.165, 1.54) is 37.7 Å². The zero-order chi connectivity index (χ0) is 21.1. The van der Waals surface area contributed by atoms with Gasteiger partial charge in [-0.05, 0) is 0 Å². The fourth-order valence-corrected chi connectivity index (χ4v) is 26.7. The molecule has 0 bridgehead atoms. The summed E-state index contributed by atoms with van der Waals surface area (Å²) in [5.41, 5.74) is 8.09. The van der Waals surface area contributed by atoms with Crippen molar-refractivity contribution in [1.82, 2.24) is 0 Å². The topological polar surface area (TPSA) is 0 Å². The van der Waals surface area contributed by atoms with Gasteiger partial charge < -0.3 is 24.8 Å². The molecule has 0 saturated heterocycles. The average molecular weight is 564 g/mol. The molecule has 0 amide bonds. The first-order valence-corrected chi connectivity index (χ1v) is 22.1. The molecule has 0 heterocycles. The van der Waals surface area contributed by atoms with E-state index in [1.807, 2.05) is 0 Å². The first-order chi connectivity index (χ1) is 14.6. The van der Waals surface area contributed by atoms with Crippen molar-refractivity contribution < 1.29 is 45.7 Å². The van der Waals surface area contributed by atoms with Gasteiger partial charge in [0.1, 0.15) is 0 Å². The molecule has 2 aromatic carbocycles. The van der Waals surface area contributed by atoms with Crippen LogP contribution < -0.4 is 24.8 Å². The number of fused-ring (bicyclic) bond motifs is 2. The van der Waals surface area contributed by atoms with Gasteiger partial charge in [0.25, 0.3) is 0 Å². The molecule has 2 aromatic rings. The van der Waals surface area contributed by atoms with Crippen molar-refractivity contribution in [1.29, 1.82) is 0 Å². The SMILES string of the molecule is CCCCC(CC)CC1=C[CH]([Zr+2]([CH]2C=Cc3ccccc32)[SiH](C)C)c2ccccc21.[Cl-].[Cl-]. The predicted octanol–water partition coefficient (Wildman–Crippen LogP) is 2.11. The molecule has 0 N–H and O–H groups in total. The van der Waals surface area contributed by atoms with E-state index < -0.39 is 26.8 Å². The molecule has 4 rings (SSSR count). The van der Waals surface area contributed by atoms with Crippen LogP contribution in [0.1, 0.15) is 75.5 Å². The van der Waals surface area contributed by atoms with Gasteiger partial charge in [-0.3, -0.25) is 0 Å². The molecule has 171 valence electrons. The number of hydrogen-bond acceptors (Lipinski definition) is 0. The molecule has 0 aliphatic heterocycles. The minimum Gasteiger partial charge on any atom is -1.00 e. The van der Waals surface area contributed by atoms with E-state index in [9.17, 15) is 0 Å². The second-order valence-corrected chi connectivity index (χ2v) is 29.8. The summed E-state index contributed by atoms with van der Waals surface area (Å²) in [6, 6.07) is 18.6. The standard InChI is InChI=1S/C17H23.C9H7.C2H7Si.2ClH.Zr/c1-3-5-8-14(4-2)13-16-12-11-15-9-6-7-10-17(15)16;1-2-5-9-7-3-6-8(9)4-1;1-3-2;;;/h6-7,9-12,14H,3-5,8,13H2,1-2H3;1-7H;3H,1-2H3;2*1H;/q;;;;;+2/p-2. The van der Waals surface area contributed by atoms with Gasteiger partial charge in [0.05, 0.1) is 0 Å². The second kappa shape index (κ2) is 12.9. The van der Waals surface area contributed by atoms with Crippen LogP contribution in [-0.2, 0) is 20.9 Å². The fraction of sp³-hybridized carbons (Fsp3) is 0.429. The largest absolute Gasteiger partial charge is 1.00 e. The fourth-order valence-electron chi connectivity index (χ4n) is 5.60. The maximum absolute atomic E-state index is 2.79. The molecule has 2 aliphatic carbocycles. The molecule has 0 fully saturated rings. The summed E-state index contributed by atoms with van der Waals surface area (Å²) in [4.78, 5) is 0. The monoisotopic (exact) mass is 561 g/mol. The Bertz CT molecular complexity index is 937. The van der Waals surface area contributed by atoms with Gasteiger partial charge in [-0.15, -0.1) is 0 Å². The molecular weight excluding hydrogens is 527 g/mol. The molecule has 3 atom stereocenters. The molecular formula is C28H37Cl2SiZr. The van der Waals surface area contributed by atoms with Crippen molar-refractivity contribution in [3.8, 4) is 0 Å². The van der Waals surface area contributed by atoms with Gasteiger partial charge in [0.2, 0.25) is 0 Å². The Hall–Kier alpha value is -0.400. The van der Waals surface area contributed by atoms with Crippen LogP contribution in [0.25, 0.3) is 11.6 Å². The first-order valence-electron chi connectivity index (χ1n) is 12.1. The molecule has 0 spiro atoms. The minimum atomic E-state index is -1.76. The van der Waals surface area contributed by atoms with Crippen LogP contribution in [0.3, 0.4) is 0 Å². The van der Waals surface area contributed by atoms with Crippen LogP contribution in [0, 0.1) is 5.92 Å². The van der Waals surface area contributed by atoms with Crippen molar-refractivity contribution in [2.75, 3.05) is 0 Å². The van der Waals surface area contributed by atoms with Crippen molar-refractivity contribution in [2.45, 2.75) is 66.3 Å². The Morgan fingerprint density at radius 2 is 1.59 bits per heavy atom. The smallest absolute Gasteiger partial charge is 1.00 e. The Labute approximate surface area is 217 Å². The summed E-state index contributed by atoms with van der Waals surface area (Å²) in [6.45, 7) is 10.0. The maximum atomic E-state index is 2.79. The Morgan fingerprint density at radius 1 is 0.906 bits per heavy atom. The summed E-state index contributed by atoms with van der Waals surface area (Å²) >= 11 is -1.76. The number of hydrogen-bond donors (Lipinski definition) is 0. The third kappa shape index (κ3) is 5.80. The van der Waals surface area contributed by atoms with Crippen molar-refractivity contribution >= 4 is 17.6 Å². The molecule has 2 aliphatic rings. The summed E-state index contributed by atoms with van der Waals surface area (Å²) in [7, 11) is 0. The van der Waals surface area contributed by atoms with Gasteiger partial charge in [-0.1, -0.05) is 0 Å². The Morgan fingerprint density at radius 3 is 2.28 bits per heavy atom. The molecule has 0 aromatic heterocycles. The Balaban J connectivity index is 0.00000181. The van der Waals surface area contributed by atoms with Gasteiger partial charge in [0, 0.05) is 0 Å². The van der Waals surface area contributed by atoms with E-state index in [1.54, 1.807) is 22.3 Å². The van der Waals surface area contributed by atoms with E-state index in [2.05, 4.69) is 93.7 Å². The van der Waals surface area contributed by atoms with Gasteiger partial charge in [-0.2, -0.15) is 0 Å². The Kier molecular flexibility index (Phi) is 11.2. The maximum Gasteiger partial charge on any atom is -1.00 e. The van der Waals surface area contributed by atoms with E-state index in [0.29, 0.717) is 0 Å². The van der Waals surface area contributed by atoms with Gasteiger partial charge >= 0.3 is 194 Å². The van der Waals surface area contributed by atoms with Crippen LogP contribution >= 0.6 is 0 Å². The van der Waals surface area contributed by atoms with Crippen LogP contribution in [0.4, 0.5) is 0 Å². The summed E-state index contributed by atoms with van der Waals surface area (Å²) in [5.74, 6) is 0.149. The molecule has 4 heteroatoms. The third-order valence-electron chi connectivity index (χ3n) is 7.25. The van der Waals surface area contributed by atoms with Gasteiger partial charge in [0.15, 0.2) is 0 Å². The van der Waals surface area contributed by atoms with Crippen LogP contribution in [-0.4, -0.2) is 5.92 Å². The zero-order valence-corrected chi connectivity index (χ0v) is 25.1. The van der Waals surface area contributed by atoms with Crippen LogP contribution in [0.5, 0.6) is 0 Å². The number of halogens is 2. The van der Waals surface area contributed by atoms with E-state index in [-0.39, 0.29) is 24.8 Å². The molecule has 0 saturated carbocycles. The third-order valence-corrected chi connectivity index (χ3v) is 28.6. The second-order valence-electron chi connectivity index (χ2n) is 9.50. The predicted molar refractivity (Wildman–Crippen MR) is 132 cm³/mol. The number of benzene rings is 2. The van der Waals surface area contributed by atoms with Crippen molar-refractivity contribution in [2.24, 2.45) is 5.92 Å². The number of rotatable bonds is 9. The number of unbranched alkanes of at least 4 members (excludes halogenated alkanes) is 1. The van der Waals surface area contributed by atoms with E-state index >= 15 is 0 Å². The zero-order valence-electron chi connectivity index (χ0n) is 20.0. The average Bonchev–Trinajstić information content (AvgIpc) is 3.34. The van der Waals surface area contributed by atoms with Crippen LogP contribution in [0.2, 0.25) is 13.1 Å². The summed E-state index contributed by atoms with van der Waals surface area (Å²) in [5, 5.41) is 0.